The number of carbonyl (C=O) groups excluding carboxylic acids is 1. The van der Waals surface area contributed by atoms with Gasteiger partial charge in [0.05, 0.1) is 38.4 Å². The third-order valence-electron chi connectivity index (χ3n) is 4.97. The average Bonchev–Trinajstić information content (AvgIpc) is 2.76. The van der Waals surface area contributed by atoms with E-state index in [0.29, 0.717) is 23.9 Å². The van der Waals surface area contributed by atoms with Crippen LogP contribution in [0, 0.1) is 11.3 Å². The molecule has 0 aliphatic heterocycles. The van der Waals surface area contributed by atoms with Crippen LogP contribution in [0.5, 0.6) is 0 Å². The molecule has 0 heterocycles. The number of nitrogens with one attached hydrogen (secondary N) is 1. The van der Waals surface area contributed by atoms with Gasteiger partial charge >= 0.3 is 18.5 Å². The second-order valence-electron chi connectivity index (χ2n) is 8.16. The maximum Gasteiger partial charge on any atom is 0.417 e. The molecule has 1 unspecified atom stereocenters. The van der Waals surface area contributed by atoms with Gasteiger partial charge in [-0.25, -0.2) is 0 Å². The van der Waals surface area contributed by atoms with Gasteiger partial charge < -0.3 is 5.32 Å². The van der Waals surface area contributed by atoms with Gasteiger partial charge in [0, 0.05) is 11.8 Å². The maximum absolute atomic E-state index is 13.8. The fourth-order valence-corrected chi connectivity index (χ4v) is 4.66. The summed E-state index contributed by atoms with van der Waals surface area (Å²) in [7, 11) is 0. The predicted molar refractivity (Wildman–Crippen MR) is 131 cm³/mol. The molecule has 0 saturated heterocycles. The quantitative estimate of drug-likeness (QED) is 0.300. The second-order valence-corrected chi connectivity index (χ2v) is 10.0. The number of carbonyl (C=O) groups is 1. The number of allylic oxidation sites excluding steroid dienone is 1. The summed E-state index contributed by atoms with van der Waals surface area (Å²) in [5.41, 5.74) is -3.34. The molecule has 2 rings (SSSR count). The van der Waals surface area contributed by atoms with Crippen molar-refractivity contribution in [2.24, 2.45) is 0 Å². The summed E-state index contributed by atoms with van der Waals surface area (Å²) < 4.78 is 119. The normalized spacial score (nSPS) is 14.2. The third kappa shape index (κ3) is 9.54. The molecule has 0 fully saturated rings. The van der Waals surface area contributed by atoms with E-state index in [4.69, 9.17) is 28.5 Å². The standard InChI is InChI=1S/C24H17Cl2F9N2OS/c1-12(10-39-11-22(27,28)29)37-21(38)15-4-2-13(6-18(15)24(33,34)35)3-5-17(23(30,31)32)14-7-19(25)16(9-36)20(26)8-14/h2-8,12,17H,10-11H2,1H3,(H,37,38)/b5-3+/t12-,17?/m1/s1. The van der Waals surface area contributed by atoms with Crippen LogP contribution < -0.4 is 5.32 Å². The fraction of sp³-hybridized carbons (Fsp3) is 0.333. The first-order chi connectivity index (χ1) is 17.8. The van der Waals surface area contributed by atoms with E-state index in [0.717, 1.165) is 30.3 Å². The lowest BCUT2D eigenvalue weighted by Gasteiger charge is -2.19. The Morgan fingerprint density at radius 3 is 2.13 bits per heavy atom. The zero-order valence-electron chi connectivity index (χ0n) is 19.5. The average molecular weight is 623 g/mol. The van der Waals surface area contributed by atoms with Crippen LogP contribution in [0.2, 0.25) is 10.0 Å². The van der Waals surface area contributed by atoms with E-state index in [-0.39, 0.29) is 26.9 Å². The van der Waals surface area contributed by atoms with Gasteiger partial charge in [0.15, 0.2) is 0 Å². The smallest absolute Gasteiger partial charge is 0.349 e. The first kappa shape index (κ1) is 32.7. The van der Waals surface area contributed by atoms with Gasteiger partial charge in [-0.3, -0.25) is 4.79 Å². The Hall–Kier alpha value is -2.56. The lowest BCUT2D eigenvalue weighted by molar-refractivity contribution is -0.139. The van der Waals surface area contributed by atoms with Gasteiger partial charge in [-0.15, -0.1) is 0 Å². The summed E-state index contributed by atoms with van der Waals surface area (Å²) in [5.74, 6) is -5.00. The zero-order valence-corrected chi connectivity index (χ0v) is 21.9. The van der Waals surface area contributed by atoms with E-state index in [1.54, 1.807) is 6.07 Å². The third-order valence-corrected chi connectivity index (χ3v) is 6.84. The molecule has 2 aromatic rings. The highest BCUT2D eigenvalue weighted by molar-refractivity contribution is 7.99. The van der Waals surface area contributed by atoms with Crippen molar-refractivity contribution in [2.75, 3.05) is 11.5 Å². The molecule has 0 radical (unpaired) electrons. The van der Waals surface area contributed by atoms with E-state index in [9.17, 15) is 44.3 Å². The Balaban J connectivity index is 2.36. The molecule has 0 bridgehead atoms. The van der Waals surface area contributed by atoms with E-state index in [1.807, 2.05) is 0 Å². The summed E-state index contributed by atoms with van der Waals surface area (Å²) in [6.07, 6.45) is -13.1. The Kier molecular flexibility index (Phi) is 10.7. The molecule has 15 heteroatoms. The summed E-state index contributed by atoms with van der Waals surface area (Å²) in [6, 6.07) is 4.68. The highest BCUT2D eigenvalue weighted by Gasteiger charge is 2.40. The highest BCUT2D eigenvalue weighted by atomic mass is 35.5. The number of hydrogen-bond acceptors (Lipinski definition) is 3. The number of benzene rings is 2. The van der Waals surface area contributed by atoms with E-state index < -0.39 is 58.8 Å². The molecule has 0 aromatic heterocycles. The van der Waals surface area contributed by atoms with Crippen molar-refractivity contribution in [3.05, 3.63) is 74.3 Å². The largest absolute Gasteiger partial charge is 0.417 e. The van der Waals surface area contributed by atoms with Crippen LogP contribution in [-0.2, 0) is 6.18 Å². The molecule has 2 aromatic carbocycles. The van der Waals surface area contributed by atoms with E-state index in [2.05, 4.69) is 5.32 Å². The molecule has 0 saturated carbocycles. The lowest BCUT2D eigenvalue weighted by atomic mass is 9.95. The summed E-state index contributed by atoms with van der Waals surface area (Å²) in [5, 5.41) is 10.5. The Morgan fingerprint density at radius 1 is 1.05 bits per heavy atom. The SMILES string of the molecule is C[C@H](CSCC(F)(F)F)NC(=O)c1ccc(/C=C/C(c2cc(Cl)c(C#N)c(Cl)c2)C(F)(F)F)cc1C(F)(F)F. The van der Waals surface area contributed by atoms with Crippen molar-refractivity contribution in [3.8, 4) is 6.07 Å². The molecule has 0 aliphatic carbocycles. The van der Waals surface area contributed by atoms with Crippen LogP contribution in [0.25, 0.3) is 6.08 Å². The minimum absolute atomic E-state index is 0.227. The molecule has 0 aliphatic rings. The van der Waals surface area contributed by atoms with Gasteiger partial charge in [-0.1, -0.05) is 41.4 Å². The lowest BCUT2D eigenvalue weighted by Crippen LogP contribution is -2.35. The fourth-order valence-electron chi connectivity index (χ4n) is 3.29. The van der Waals surface area contributed by atoms with Crippen LogP contribution in [0.3, 0.4) is 0 Å². The molecule has 39 heavy (non-hydrogen) atoms. The summed E-state index contributed by atoms with van der Waals surface area (Å²) >= 11 is 12.1. The molecule has 0 spiro atoms. The second kappa shape index (κ2) is 12.7. The highest BCUT2D eigenvalue weighted by Crippen LogP contribution is 2.40. The number of alkyl halides is 9. The first-order valence-corrected chi connectivity index (χ1v) is 12.5. The van der Waals surface area contributed by atoms with Crippen molar-refractivity contribution >= 4 is 46.9 Å². The van der Waals surface area contributed by atoms with Crippen LogP contribution in [0.4, 0.5) is 39.5 Å². The number of thioether (sulfide) groups is 1. The Morgan fingerprint density at radius 2 is 1.64 bits per heavy atom. The molecule has 1 N–H and O–H groups in total. The first-order valence-electron chi connectivity index (χ1n) is 10.6. The number of nitriles is 1. The van der Waals surface area contributed by atoms with Gasteiger partial charge in [-0.2, -0.15) is 56.5 Å². The zero-order chi connectivity index (χ0) is 29.8. The van der Waals surface area contributed by atoms with Crippen LogP contribution in [0.1, 0.15) is 45.5 Å². The number of nitrogens with zero attached hydrogens (tertiary/aromatic N) is 1. The predicted octanol–water partition coefficient (Wildman–Crippen LogP) is 8.66. The van der Waals surface area contributed by atoms with Crippen LogP contribution in [-0.4, -0.2) is 35.8 Å². The maximum atomic E-state index is 13.8. The van der Waals surface area contributed by atoms with E-state index in [1.165, 1.54) is 6.92 Å². The van der Waals surface area contributed by atoms with Crippen molar-refractivity contribution in [1.82, 2.24) is 5.32 Å². The van der Waals surface area contributed by atoms with Crippen LogP contribution in [0.15, 0.2) is 36.4 Å². The number of amides is 1. The van der Waals surface area contributed by atoms with Crippen LogP contribution >= 0.6 is 35.0 Å². The molecule has 3 nitrogen and oxygen atoms in total. The van der Waals surface area contributed by atoms with Gasteiger partial charge in [0.2, 0.25) is 0 Å². The summed E-state index contributed by atoms with van der Waals surface area (Å²) in [4.78, 5) is 12.4. The van der Waals surface area contributed by atoms with Gasteiger partial charge in [0.25, 0.3) is 5.91 Å². The number of hydrogen-bond donors (Lipinski definition) is 1. The molecule has 2 atom stereocenters. The topological polar surface area (TPSA) is 52.9 Å². The van der Waals surface area contributed by atoms with Gasteiger partial charge in [0.1, 0.15) is 6.07 Å². The molecular formula is C24H17Cl2F9N2OS. The Labute approximate surface area is 231 Å². The minimum Gasteiger partial charge on any atom is -0.349 e. The van der Waals surface area contributed by atoms with Crippen molar-refractivity contribution in [2.45, 2.75) is 37.4 Å². The van der Waals surface area contributed by atoms with E-state index >= 15 is 0 Å². The summed E-state index contributed by atoms with van der Waals surface area (Å²) in [6.45, 7) is 1.31. The van der Waals surface area contributed by atoms with Gasteiger partial charge in [-0.05, 0) is 42.3 Å². The monoisotopic (exact) mass is 622 g/mol. The number of rotatable bonds is 8. The van der Waals surface area contributed by atoms with Crippen molar-refractivity contribution in [3.63, 3.8) is 0 Å². The molecular weight excluding hydrogens is 606 g/mol. The number of halogens is 11. The minimum atomic E-state index is -5.08. The Bertz CT molecular complexity index is 1250. The van der Waals surface area contributed by atoms with Crippen molar-refractivity contribution in [1.29, 1.82) is 5.26 Å². The van der Waals surface area contributed by atoms with Crippen molar-refractivity contribution < 1.29 is 44.3 Å². The molecule has 212 valence electrons. The molecule has 1 amide bonds.